The number of hydrogen-bond acceptors (Lipinski definition) is 5. The van der Waals surface area contributed by atoms with E-state index < -0.39 is 32.4 Å². The first-order chi connectivity index (χ1) is 11.7. The number of sulfonamides is 1. The first-order valence-corrected chi connectivity index (χ1v) is 8.19. The van der Waals surface area contributed by atoms with Gasteiger partial charge in [0.15, 0.2) is 29.0 Å². The van der Waals surface area contributed by atoms with E-state index in [0.29, 0.717) is 12.1 Å². The smallest absolute Gasteiger partial charge is 0.264 e. The van der Waals surface area contributed by atoms with E-state index in [1.165, 1.54) is 33.5 Å². The van der Waals surface area contributed by atoms with E-state index in [0.717, 1.165) is 0 Å². The molecule has 0 atom stereocenters. The van der Waals surface area contributed by atoms with Crippen LogP contribution in [-0.2, 0) is 10.0 Å². The lowest BCUT2D eigenvalue weighted by Crippen LogP contribution is -2.16. The number of nitrogens with one attached hydrogen (secondary N) is 1. The van der Waals surface area contributed by atoms with Gasteiger partial charge in [-0.05, 0) is 12.1 Å². The molecule has 1 N–H and O–H groups in total. The molecule has 136 valence electrons. The minimum absolute atomic E-state index is 0.0568. The third-order valence-corrected chi connectivity index (χ3v) is 4.60. The summed E-state index contributed by atoms with van der Waals surface area (Å²) in [6.07, 6.45) is 0. The zero-order chi connectivity index (χ0) is 18.8. The van der Waals surface area contributed by atoms with Crippen molar-refractivity contribution in [3.8, 4) is 17.2 Å². The molecule has 0 aliphatic heterocycles. The zero-order valence-corrected chi connectivity index (χ0v) is 14.2. The van der Waals surface area contributed by atoms with Crippen molar-refractivity contribution >= 4 is 15.7 Å². The molecule has 0 unspecified atom stereocenters. The Labute approximate surface area is 142 Å². The number of halogens is 3. The van der Waals surface area contributed by atoms with Crippen molar-refractivity contribution < 1.29 is 35.8 Å². The molecule has 0 amide bonds. The minimum atomic E-state index is -4.54. The maximum absolute atomic E-state index is 13.8. The van der Waals surface area contributed by atoms with Crippen LogP contribution in [0.3, 0.4) is 0 Å². The Morgan fingerprint density at radius 1 is 0.880 bits per heavy atom. The molecule has 0 spiro atoms. The molecule has 0 saturated carbocycles. The van der Waals surface area contributed by atoms with Gasteiger partial charge in [0, 0.05) is 12.1 Å². The van der Waals surface area contributed by atoms with Crippen molar-refractivity contribution in [3.05, 3.63) is 41.7 Å². The molecule has 0 fully saturated rings. The highest BCUT2D eigenvalue weighted by Gasteiger charge is 2.25. The summed E-state index contributed by atoms with van der Waals surface area (Å²) in [6.45, 7) is 0. The summed E-state index contributed by atoms with van der Waals surface area (Å²) in [5, 5.41) is 0. The molecule has 10 heteroatoms. The van der Waals surface area contributed by atoms with Gasteiger partial charge in [-0.25, -0.2) is 21.6 Å². The number of ether oxygens (including phenoxy) is 3. The second-order valence-corrected chi connectivity index (χ2v) is 6.34. The van der Waals surface area contributed by atoms with Gasteiger partial charge in [-0.2, -0.15) is 0 Å². The summed E-state index contributed by atoms with van der Waals surface area (Å²) in [5.41, 5.74) is -0.0568. The highest BCUT2D eigenvalue weighted by molar-refractivity contribution is 7.92. The Bertz CT molecular complexity index is 877. The fraction of sp³-hybridized carbons (Fsp3) is 0.200. The van der Waals surface area contributed by atoms with Crippen LogP contribution in [0.4, 0.5) is 18.9 Å². The summed E-state index contributed by atoms with van der Waals surface area (Å²) in [7, 11) is -0.526. The zero-order valence-electron chi connectivity index (χ0n) is 13.4. The van der Waals surface area contributed by atoms with Crippen LogP contribution in [0.15, 0.2) is 29.2 Å². The van der Waals surface area contributed by atoms with Gasteiger partial charge in [-0.3, -0.25) is 4.72 Å². The van der Waals surface area contributed by atoms with Gasteiger partial charge in [0.1, 0.15) is 4.90 Å². The highest BCUT2D eigenvalue weighted by atomic mass is 32.2. The quantitative estimate of drug-likeness (QED) is 0.784. The Balaban J connectivity index is 2.50. The topological polar surface area (TPSA) is 73.9 Å². The second-order valence-electron chi connectivity index (χ2n) is 4.69. The number of anilines is 1. The third-order valence-electron chi connectivity index (χ3n) is 3.21. The molecular weight excluding hydrogens is 363 g/mol. The lowest BCUT2D eigenvalue weighted by Gasteiger charge is -2.15. The minimum Gasteiger partial charge on any atom is -0.493 e. The SMILES string of the molecule is COc1cc(NS(=O)(=O)c2ccc(F)c(F)c2F)cc(OC)c1OC. The highest BCUT2D eigenvalue weighted by Crippen LogP contribution is 2.40. The standard InChI is InChI=1S/C15H14F3NO5S/c1-22-10-6-8(7-11(23-2)15(10)24-3)19-25(20,21)12-5-4-9(16)13(17)14(12)18/h4-7,19H,1-3H3. The summed E-state index contributed by atoms with van der Waals surface area (Å²) in [5.74, 6) is -4.69. The monoisotopic (exact) mass is 377 g/mol. The molecule has 2 aromatic rings. The number of methoxy groups -OCH3 is 3. The molecule has 0 aliphatic rings. The van der Waals surface area contributed by atoms with Crippen molar-refractivity contribution in [2.45, 2.75) is 4.90 Å². The van der Waals surface area contributed by atoms with E-state index in [1.807, 2.05) is 0 Å². The molecule has 0 saturated heterocycles. The molecule has 2 rings (SSSR count). The molecule has 0 aromatic heterocycles. The molecule has 0 bridgehead atoms. The van der Waals surface area contributed by atoms with Crippen molar-refractivity contribution in [3.63, 3.8) is 0 Å². The first kappa shape index (κ1) is 18.7. The lowest BCUT2D eigenvalue weighted by molar-refractivity contribution is 0.324. The van der Waals surface area contributed by atoms with E-state index in [2.05, 4.69) is 4.72 Å². The molecule has 6 nitrogen and oxygen atoms in total. The van der Waals surface area contributed by atoms with Gasteiger partial charge in [0.2, 0.25) is 5.75 Å². The first-order valence-electron chi connectivity index (χ1n) is 6.71. The van der Waals surface area contributed by atoms with Crippen LogP contribution in [0.1, 0.15) is 0 Å². The molecule has 0 heterocycles. The Morgan fingerprint density at radius 2 is 1.44 bits per heavy atom. The average molecular weight is 377 g/mol. The van der Waals surface area contributed by atoms with Crippen LogP contribution >= 0.6 is 0 Å². The molecule has 0 aliphatic carbocycles. The van der Waals surface area contributed by atoms with Crippen molar-refractivity contribution in [2.75, 3.05) is 26.1 Å². The van der Waals surface area contributed by atoms with Crippen LogP contribution in [0, 0.1) is 17.5 Å². The van der Waals surface area contributed by atoms with E-state index in [9.17, 15) is 21.6 Å². The molecule has 2 aromatic carbocycles. The van der Waals surface area contributed by atoms with Gasteiger partial charge >= 0.3 is 0 Å². The molecule has 0 radical (unpaired) electrons. The normalized spacial score (nSPS) is 11.1. The predicted octanol–water partition coefficient (Wildman–Crippen LogP) is 2.93. The van der Waals surface area contributed by atoms with Gasteiger partial charge in [0.25, 0.3) is 10.0 Å². The fourth-order valence-electron chi connectivity index (χ4n) is 2.07. The van der Waals surface area contributed by atoms with Crippen molar-refractivity contribution in [1.82, 2.24) is 0 Å². The number of rotatable bonds is 6. The summed E-state index contributed by atoms with van der Waals surface area (Å²) in [6, 6.07) is 3.66. The number of hydrogen-bond donors (Lipinski definition) is 1. The van der Waals surface area contributed by atoms with E-state index in [4.69, 9.17) is 14.2 Å². The van der Waals surface area contributed by atoms with E-state index in [1.54, 1.807) is 0 Å². The lowest BCUT2D eigenvalue weighted by atomic mass is 10.2. The third kappa shape index (κ3) is 3.58. The van der Waals surface area contributed by atoms with Crippen LogP contribution in [0.5, 0.6) is 17.2 Å². The summed E-state index contributed by atoms with van der Waals surface area (Å²) in [4.78, 5) is -1.04. The van der Waals surface area contributed by atoms with Crippen molar-refractivity contribution in [2.24, 2.45) is 0 Å². The van der Waals surface area contributed by atoms with E-state index >= 15 is 0 Å². The van der Waals surface area contributed by atoms with Gasteiger partial charge < -0.3 is 14.2 Å². The molecule has 25 heavy (non-hydrogen) atoms. The Morgan fingerprint density at radius 3 is 1.92 bits per heavy atom. The summed E-state index contributed by atoms with van der Waals surface area (Å²) < 4.78 is 81.9. The fourth-order valence-corrected chi connectivity index (χ4v) is 3.18. The van der Waals surface area contributed by atoms with Gasteiger partial charge in [-0.1, -0.05) is 0 Å². The predicted molar refractivity (Wildman–Crippen MR) is 83.2 cm³/mol. The van der Waals surface area contributed by atoms with Crippen LogP contribution in [0.25, 0.3) is 0 Å². The number of benzene rings is 2. The largest absolute Gasteiger partial charge is 0.493 e. The Kier molecular flexibility index (Phi) is 5.31. The van der Waals surface area contributed by atoms with Gasteiger partial charge in [-0.15, -0.1) is 0 Å². The second kappa shape index (κ2) is 7.09. The average Bonchev–Trinajstić information content (AvgIpc) is 2.58. The maximum Gasteiger partial charge on any atom is 0.264 e. The summed E-state index contributed by atoms with van der Waals surface area (Å²) >= 11 is 0. The molecular formula is C15H14F3NO5S. The van der Waals surface area contributed by atoms with E-state index in [-0.39, 0.29) is 22.9 Å². The van der Waals surface area contributed by atoms with Crippen LogP contribution < -0.4 is 18.9 Å². The van der Waals surface area contributed by atoms with Crippen LogP contribution in [0.2, 0.25) is 0 Å². The van der Waals surface area contributed by atoms with Crippen molar-refractivity contribution in [1.29, 1.82) is 0 Å². The maximum atomic E-state index is 13.8. The van der Waals surface area contributed by atoms with Crippen LogP contribution in [-0.4, -0.2) is 29.7 Å². The Hall–Kier alpha value is -2.62. The van der Waals surface area contributed by atoms with Gasteiger partial charge in [0.05, 0.1) is 27.0 Å².